The highest BCUT2D eigenvalue weighted by atomic mass is 35.5. The van der Waals surface area contributed by atoms with Gasteiger partial charge in [0.05, 0.1) is 5.02 Å². The minimum absolute atomic E-state index is 0.0108. The number of hydrogen-bond donors (Lipinski definition) is 2. The summed E-state index contributed by atoms with van der Waals surface area (Å²) in [6, 6.07) is 1.49. The second-order valence-electron chi connectivity index (χ2n) is 4.39. The van der Waals surface area contributed by atoms with Crippen molar-refractivity contribution in [3.63, 3.8) is 0 Å². The first-order valence-electron chi connectivity index (χ1n) is 5.91. The number of nitrogens with one attached hydrogen (secondary N) is 1. The van der Waals surface area contributed by atoms with Gasteiger partial charge in [-0.2, -0.15) is 0 Å². The maximum Gasteiger partial charge on any atom is 0.258 e. The monoisotopic (exact) mass is 310 g/mol. The van der Waals surface area contributed by atoms with E-state index in [4.69, 9.17) is 23.2 Å². The van der Waals surface area contributed by atoms with Crippen LogP contribution in [0.3, 0.4) is 0 Å². The fraction of sp³-hybridized carbons (Fsp3) is 0.500. The molecule has 1 heterocycles. The molecule has 0 amide bonds. The Morgan fingerprint density at radius 2 is 1.84 bits per heavy atom. The second-order valence-corrected chi connectivity index (χ2v) is 5.23. The Labute approximate surface area is 120 Å². The average Bonchev–Trinajstić information content (AvgIpc) is 2.36. The highest BCUT2D eigenvalue weighted by molar-refractivity contribution is 6.35. The van der Waals surface area contributed by atoms with Crippen LogP contribution in [0.15, 0.2) is 12.1 Å². The normalized spacial score (nSPS) is 18.8. The first kappa shape index (κ1) is 14.8. The summed E-state index contributed by atoms with van der Waals surface area (Å²) in [7, 11) is 0. The molecule has 1 saturated heterocycles. The van der Waals surface area contributed by atoms with Crippen molar-refractivity contribution in [1.29, 1.82) is 0 Å². The van der Waals surface area contributed by atoms with Gasteiger partial charge in [0.2, 0.25) is 0 Å². The number of piperazine rings is 1. The van der Waals surface area contributed by atoms with Gasteiger partial charge in [0, 0.05) is 36.8 Å². The highest BCUT2D eigenvalue weighted by Crippen LogP contribution is 2.39. The van der Waals surface area contributed by atoms with Crippen molar-refractivity contribution in [2.45, 2.75) is 12.5 Å². The predicted octanol–water partition coefficient (Wildman–Crippen LogP) is 2.91. The number of hydrogen-bond acceptors (Lipinski definition) is 3. The first-order chi connectivity index (χ1) is 9.00. The molecule has 1 atom stereocenters. The summed E-state index contributed by atoms with van der Waals surface area (Å²) in [4.78, 5) is 1.63. The molecule has 0 unspecified atom stereocenters. The van der Waals surface area contributed by atoms with Crippen LogP contribution < -0.4 is 5.32 Å². The lowest BCUT2D eigenvalue weighted by Crippen LogP contribution is -2.46. The lowest BCUT2D eigenvalue weighted by Gasteiger charge is -2.35. The van der Waals surface area contributed by atoms with Crippen LogP contribution in [-0.2, 0) is 0 Å². The third kappa shape index (κ3) is 3.28. The van der Waals surface area contributed by atoms with E-state index >= 15 is 0 Å². The van der Waals surface area contributed by atoms with Crippen molar-refractivity contribution in [2.24, 2.45) is 0 Å². The summed E-state index contributed by atoms with van der Waals surface area (Å²) in [5, 5.41) is 13.2. The average molecular weight is 311 g/mol. The fourth-order valence-electron chi connectivity index (χ4n) is 2.26. The van der Waals surface area contributed by atoms with Gasteiger partial charge in [-0.1, -0.05) is 23.2 Å². The number of benzene rings is 1. The Hall–Kier alpha value is -0.620. The maximum atomic E-state index is 13.4. The molecule has 2 N–H and O–H groups in total. The summed E-state index contributed by atoms with van der Waals surface area (Å²) >= 11 is 11.6. The quantitative estimate of drug-likeness (QED) is 0.901. The van der Waals surface area contributed by atoms with E-state index in [-0.39, 0.29) is 21.4 Å². The molecule has 3 nitrogen and oxygen atoms in total. The van der Waals surface area contributed by atoms with E-state index in [1.165, 1.54) is 12.1 Å². The molecule has 1 fully saturated rings. The molecule has 0 spiro atoms. The molecule has 1 aliphatic rings. The maximum absolute atomic E-state index is 13.4. The third-order valence-electron chi connectivity index (χ3n) is 3.16. The molecule has 2 rings (SSSR count). The van der Waals surface area contributed by atoms with E-state index in [0.29, 0.717) is 26.2 Å². The van der Waals surface area contributed by atoms with Crippen molar-refractivity contribution in [3.8, 4) is 5.75 Å². The first-order valence-corrected chi connectivity index (χ1v) is 6.67. The van der Waals surface area contributed by atoms with Crippen LogP contribution in [0, 0.1) is 0 Å². The smallest absolute Gasteiger partial charge is 0.258 e. The summed E-state index contributed by atoms with van der Waals surface area (Å²) in [5.74, 6) is -0.324. The fourth-order valence-corrected chi connectivity index (χ4v) is 2.77. The van der Waals surface area contributed by atoms with Crippen LogP contribution in [0.1, 0.15) is 11.6 Å². The molecule has 1 aromatic carbocycles. The van der Waals surface area contributed by atoms with Crippen LogP contribution in [0.25, 0.3) is 0 Å². The van der Waals surface area contributed by atoms with E-state index in [0.717, 1.165) is 0 Å². The molecule has 0 aliphatic carbocycles. The number of phenolic OH excluding ortho intramolecular Hbond substituents is 1. The molecule has 1 aromatic rings. The van der Waals surface area contributed by atoms with E-state index in [1.54, 1.807) is 4.90 Å². The lowest BCUT2D eigenvalue weighted by molar-refractivity contribution is 0.0170. The van der Waals surface area contributed by atoms with E-state index < -0.39 is 12.5 Å². The van der Waals surface area contributed by atoms with Crippen LogP contribution in [0.4, 0.5) is 8.78 Å². The highest BCUT2D eigenvalue weighted by Gasteiger charge is 2.32. The molecular formula is C12H14Cl2F2N2O. The van der Waals surface area contributed by atoms with E-state index in [2.05, 4.69) is 5.32 Å². The molecule has 0 saturated carbocycles. The molecular weight excluding hydrogens is 297 g/mol. The Balaban J connectivity index is 2.38. The summed E-state index contributed by atoms with van der Waals surface area (Å²) in [6.45, 7) is 2.24. The molecule has 7 heteroatoms. The van der Waals surface area contributed by atoms with Crippen LogP contribution >= 0.6 is 23.2 Å². The summed E-state index contributed by atoms with van der Waals surface area (Å²) < 4.78 is 26.7. The standard InChI is InChI=1S/C12H14Cl2F2N2O/c13-7-5-8(11(19)9(14)6-7)10(12(15)16)18-3-1-17-2-4-18/h5-6,10,12,17,19H,1-4H2/t10-/m0/s1. The van der Waals surface area contributed by atoms with Gasteiger partial charge in [0.25, 0.3) is 6.43 Å². The van der Waals surface area contributed by atoms with Crippen molar-refractivity contribution >= 4 is 23.2 Å². The molecule has 19 heavy (non-hydrogen) atoms. The van der Waals surface area contributed by atoms with Crippen molar-refractivity contribution in [3.05, 3.63) is 27.7 Å². The lowest BCUT2D eigenvalue weighted by atomic mass is 10.0. The number of halogens is 4. The van der Waals surface area contributed by atoms with Crippen LogP contribution in [0.2, 0.25) is 10.0 Å². The number of aromatic hydroxyl groups is 1. The van der Waals surface area contributed by atoms with Crippen LogP contribution in [0.5, 0.6) is 5.75 Å². The number of phenols is 1. The van der Waals surface area contributed by atoms with E-state index in [9.17, 15) is 13.9 Å². The van der Waals surface area contributed by atoms with Crippen molar-refractivity contribution < 1.29 is 13.9 Å². The Kier molecular flexibility index (Phi) is 4.84. The van der Waals surface area contributed by atoms with Gasteiger partial charge < -0.3 is 10.4 Å². The van der Waals surface area contributed by atoms with Gasteiger partial charge in [0.15, 0.2) is 0 Å². The Bertz CT molecular complexity index is 454. The number of alkyl halides is 2. The second kappa shape index (κ2) is 6.22. The summed E-state index contributed by atoms with van der Waals surface area (Å²) in [5.41, 5.74) is 0.0781. The third-order valence-corrected chi connectivity index (χ3v) is 3.67. The topological polar surface area (TPSA) is 35.5 Å². The number of rotatable bonds is 3. The van der Waals surface area contributed by atoms with Gasteiger partial charge in [0.1, 0.15) is 11.8 Å². The largest absolute Gasteiger partial charge is 0.506 e. The summed E-state index contributed by atoms with van der Waals surface area (Å²) in [6.07, 6.45) is -2.63. The van der Waals surface area contributed by atoms with E-state index in [1.807, 2.05) is 0 Å². The SMILES string of the molecule is Oc1c(Cl)cc(Cl)cc1[C@@H](C(F)F)N1CCNCC1. The zero-order chi connectivity index (χ0) is 14.0. The zero-order valence-electron chi connectivity index (χ0n) is 10.0. The molecule has 1 aliphatic heterocycles. The van der Waals surface area contributed by atoms with Gasteiger partial charge in [-0.25, -0.2) is 8.78 Å². The molecule has 106 valence electrons. The van der Waals surface area contributed by atoms with Crippen LogP contribution in [-0.4, -0.2) is 42.6 Å². The molecule has 0 bridgehead atoms. The zero-order valence-corrected chi connectivity index (χ0v) is 11.6. The van der Waals surface area contributed by atoms with Gasteiger partial charge in [-0.15, -0.1) is 0 Å². The minimum atomic E-state index is -2.63. The molecule has 0 aromatic heterocycles. The number of nitrogens with zero attached hydrogens (tertiary/aromatic N) is 1. The van der Waals surface area contributed by atoms with Gasteiger partial charge >= 0.3 is 0 Å². The minimum Gasteiger partial charge on any atom is -0.506 e. The molecule has 0 radical (unpaired) electrons. The Morgan fingerprint density at radius 1 is 1.21 bits per heavy atom. The van der Waals surface area contributed by atoms with Gasteiger partial charge in [-0.3, -0.25) is 4.90 Å². The Morgan fingerprint density at radius 3 is 2.42 bits per heavy atom. The predicted molar refractivity (Wildman–Crippen MR) is 71.3 cm³/mol. The van der Waals surface area contributed by atoms with Crippen molar-refractivity contribution in [1.82, 2.24) is 10.2 Å². The van der Waals surface area contributed by atoms with Crippen molar-refractivity contribution in [2.75, 3.05) is 26.2 Å². The van der Waals surface area contributed by atoms with Gasteiger partial charge in [-0.05, 0) is 12.1 Å².